The average Bonchev–Trinajstić information content (AvgIpc) is 2.56. The number of amides is 1. The minimum absolute atomic E-state index is 0.0976. The van der Waals surface area contributed by atoms with Crippen LogP contribution in [0.3, 0.4) is 0 Å². The number of hydrogen-bond donors (Lipinski definition) is 1. The van der Waals surface area contributed by atoms with Gasteiger partial charge in [0.25, 0.3) is 11.5 Å². The number of pyridine rings is 1. The quantitative estimate of drug-likeness (QED) is 0.790. The molecule has 2 aromatic rings. The van der Waals surface area contributed by atoms with Gasteiger partial charge in [-0.3, -0.25) is 9.59 Å². The molecule has 2 rings (SSSR count). The highest BCUT2D eigenvalue weighted by Crippen LogP contribution is 2.06. The maximum atomic E-state index is 12.6. The summed E-state index contributed by atoms with van der Waals surface area (Å²) in [6.45, 7) is 6.29. The normalized spacial score (nSPS) is 10.4. The largest absolute Gasteiger partial charge is 0.395 e. The van der Waals surface area contributed by atoms with Crippen LogP contribution in [0, 0.1) is 6.92 Å². The van der Waals surface area contributed by atoms with E-state index in [1.165, 1.54) is 15.5 Å². The minimum Gasteiger partial charge on any atom is -0.395 e. The fraction of sp³-hybridized carbons (Fsp3) is 0.263. The van der Waals surface area contributed by atoms with Gasteiger partial charge in [-0.15, -0.1) is 6.58 Å². The zero-order valence-electron chi connectivity index (χ0n) is 13.8. The first-order valence-electron chi connectivity index (χ1n) is 7.83. The molecule has 5 heteroatoms. The molecule has 0 bridgehead atoms. The summed E-state index contributed by atoms with van der Waals surface area (Å²) in [5.41, 5.74) is 1.88. The Hall–Kier alpha value is -2.66. The molecule has 1 aromatic carbocycles. The van der Waals surface area contributed by atoms with Gasteiger partial charge in [0.1, 0.15) is 5.56 Å². The number of carbonyl (C=O) groups excluding carboxylic acids is 1. The van der Waals surface area contributed by atoms with Crippen LogP contribution in [0.1, 0.15) is 21.5 Å². The van der Waals surface area contributed by atoms with E-state index in [4.69, 9.17) is 5.11 Å². The van der Waals surface area contributed by atoms with Gasteiger partial charge >= 0.3 is 0 Å². The molecule has 5 nitrogen and oxygen atoms in total. The number of rotatable bonds is 7. The first-order valence-corrected chi connectivity index (χ1v) is 7.83. The van der Waals surface area contributed by atoms with Crippen molar-refractivity contribution in [2.45, 2.75) is 13.5 Å². The van der Waals surface area contributed by atoms with Crippen LogP contribution >= 0.6 is 0 Å². The molecule has 0 aliphatic rings. The topological polar surface area (TPSA) is 62.5 Å². The van der Waals surface area contributed by atoms with Gasteiger partial charge in [0, 0.05) is 19.3 Å². The Morgan fingerprint density at radius 2 is 2.12 bits per heavy atom. The molecule has 0 atom stereocenters. The third-order valence-corrected chi connectivity index (χ3v) is 3.69. The fourth-order valence-corrected chi connectivity index (χ4v) is 2.55. The van der Waals surface area contributed by atoms with E-state index in [1.54, 1.807) is 18.3 Å². The van der Waals surface area contributed by atoms with E-state index in [0.29, 0.717) is 6.54 Å². The lowest BCUT2D eigenvalue weighted by Crippen LogP contribution is -2.38. The second-order valence-corrected chi connectivity index (χ2v) is 5.61. The Morgan fingerprint density at radius 3 is 2.79 bits per heavy atom. The molecular weight excluding hydrogens is 304 g/mol. The Balaban J connectivity index is 2.31. The van der Waals surface area contributed by atoms with Crippen molar-refractivity contribution in [3.63, 3.8) is 0 Å². The standard InChI is InChI=1S/C19H22N2O3/c1-3-9-20(11-12-22)18(23)17-8-5-10-21(19(17)24)14-16-7-4-6-15(2)13-16/h3-8,10,13,22H,1,9,11-12,14H2,2H3. The predicted molar refractivity (Wildman–Crippen MR) is 94.2 cm³/mol. The van der Waals surface area contributed by atoms with Crippen molar-refractivity contribution in [2.24, 2.45) is 0 Å². The smallest absolute Gasteiger partial charge is 0.263 e. The van der Waals surface area contributed by atoms with E-state index < -0.39 is 5.91 Å². The third-order valence-electron chi connectivity index (χ3n) is 3.69. The maximum Gasteiger partial charge on any atom is 0.263 e. The average molecular weight is 326 g/mol. The van der Waals surface area contributed by atoms with E-state index in [2.05, 4.69) is 6.58 Å². The lowest BCUT2D eigenvalue weighted by Gasteiger charge is -2.20. The summed E-state index contributed by atoms with van der Waals surface area (Å²) >= 11 is 0. The molecule has 24 heavy (non-hydrogen) atoms. The van der Waals surface area contributed by atoms with Crippen LogP contribution in [0.15, 0.2) is 60.0 Å². The van der Waals surface area contributed by atoms with Gasteiger partial charge in [0.2, 0.25) is 0 Å². The monoisotopic (exact) mass is 326 g/mol. The molecule has 1 N–H and O–H groups in total. The number of hydrogen-bond acceptors (Lipinski definition) is 3. The summed E-state index contributed by atoms with van der Waals surface area (Å²) in [4.78, 5) is 26.6. The lowest BCUT2D eigenvalue weighted by molar-refractivity contribution is 0.0740. The molecule has 0 unspecified atom stereocenters. The Labute approximate surface area is 141 Å². The van der Waals surface area contributed by atoms with Crippen molar-refractivity contribution < 1.29 is 9.90 Å². The highest BCUT2D eigenvalue weighted by atomic mass is 16.3. The number of nitrogens with zero attached hydrogens (tertiary/aromatic N) is 2. The van der Waals surface area contributed by atoms with Crippen molar-refractivity contribution in [3.8, 4) is 0 Å². The molecule has 0 aliphatic heterocycles. The number of carbonyl (C=O) groups is 1. The van der Waals surface area contributed by atoms with Crippen molar-refractivity contribution >= 4 is 5.91 Å². The highest BCUT2D eigenvalue weighted by molar-refractivity contribution is 5.93. The summed E-state index contributed by atoms with van der Waals surface area (Å²) in [6, 6.07) is 11.1. The number of aryl methyl sites for hydroxylation is 1. The van der Waals surface area contributed by atoms with Gasteiger partial charge < -0.3 is 14.6 Å². The molecule has 0 aliphatic carbocycles. The van der Waals surface area contributed by atoms with Crippen LogP contribution in [-0.2, 0) is 6.54 Å². The Kier molecular flexibility index (Phi) is 6.09. The Bertz CT molecular complexity index is 780. The highest BCUT2D eigenvalue weighted by Gasteiger charge is 2.18. The van der Waals surface area contributed by atoms with Crippen molar-refractivity contribution in [1.29, 1.82) is 0 Å². The summed E-state index contributed by atoms with van der Waals surface area (Å²) < 4.78 is 1.52. The predicted octanol–water partition coefficient (Wildman–Crippen LogP) is 1.83. The summed E-state index contributed by atoms with van der Waals surface area (Å²) in [5, 5.41) is 9.09. The molecule has 0 fully saturated rings. The maximum absolute atomic E-state index is 12.6. The molecule has 0 saturated heterocycles. The van der Waals surface area contributed by atoms with Crippen LogP contribution in [0.2, 0.25) is 0 Å². The van der Waals surface area contributed by atoms with Crippen molar-refractivity contribution in [1.82, 2.24) is 9.47 Å². The van der Waals surface area contributed by atoms with Gasteiger partial charge in [-0.05, 0) is 24.6 Å². The Morgan fingerprint density at radius 1 is 1.33 bits per heavy atom. The summed E-state index contributed by atoms with van der Waals surface area (Å²) in [7, 11) is 0. The lowest BCUT2D eigenvalue weighted by atomic mass is 10.1. The SMILES string of the molecule is C=CCN(CCO)C(=O)c1cccn(Cc2cccc(C)c2)c1=O. The summed E-state index contributed by atoms with van der Waals surface area (Å²) in [6.07, 6.45) is 3.24. The van der Waals surface area contributed by atoms with Crippen LogP contribution in [0.25, 0.3) is 0 Å². The molecule has 0 saturated carbocycles. The fourth-order valence-electron chi connectivity index (χ4n) is 2.55. The van der Waals surface area contributed by atoms with Crippen molar-refractivity contribution in [3.05, 3.63) is 82.3 Å². The minimum atomic E-state index is -0.396. The van der Waals surface area contributed by atoms with Gasteiger partial charge in [0.15, 0.2) is 0 Å². The zero-order valence-corrected chi connectivity index (χ0v) is 13.8. The number of benzene rings is 1. The number of aliphatic hydroxyl groups excluding tert-OH is 1. The van der Waals surface area contributed by atoms with Crippen LogP contribution in [0.5, 0.6) is 0 Å². The van der Waals surface area contributed by atoms with Crippen LogP contribution in [0.4, 0.5) is 0 Å². The van der Waals surface area contributed by atoms with E-state index in [1.807, 2.05) is 31.2 Å². The zero-order chi connectivity index (χ0) is 17.5. The second kappa shape index (κ2) is 8.26. The molecule has 1 amide bonds. The molecule has 1 heterocycles. The molecule has 0 spiro atoms. The van der Waals surface area contributed by atoms with Gasteiger partial charge in [-0.25, -0.2) is 0 Å². The van der Waals surface area contributed by atoms with E-state index in [0.717, 1.165) is 11.1 Å². The first kappa shape index (κ1) is 17.7. The molecule has 0 radical (unpaired) electrons. The van der Waals surface area contributed by atoms with Crippen molar-refractivity contribution in [2.75, 3.05) is 19.7 Å². The third kappa shape index (κ3) is 4.20. The van der Waals surface area contributed by atoms with Gasteiger partial charge in [-0.1, -0.05) is 35.9 Å². The first-order chi connectivity index (χ1) is 11.6. The van der Waals surface area contributed by atoms with Crippen LogP contribution < -0.4 is 5.56 Å². The number of aliphatic hydroxyl groups is 1. The molecule has 1 aromatic heterocycles. The second-order valence-electron chi connectivity index (χ2n) is 5.61. The van der Waals surface area contributed by atoms with Gasteiger partial charge in [0.05, 0.1) is 13.2 Å². The summed E-state index contributed by atoms with van der Waals surface area (Å²) in [5.74, 6) is -0.396. The van der Waals surface area contributed by atoms with E-state index in [9.17, 15) is 9.59 Å². The van der Waals surface area contributed by atoms with Crippen LogP contribution in [-0.4, -0.2) is 40.2 Å². The van der Waals surface area contributed by atoms with E-state index in [-0.39, 0.29) is 30.8 Å². The van der Waals surface area contributed by atoms with Gasteiger partial charge in [-0.2, -0.15) is 0 Å². The number of aromatic nitrogens is 1. The molecular formula is C19H22N2O3. The molecule has 126 valence electrons. The van der Waals surface area contributed by atoms with E-state index >= 15 is 0 Å².